The van der Waals surface area contributed by atoms with E-state index in [1.165, 1.54) is 43.4 Å². The number of ketones is 1. The Morgan fingerprint density at radius 3 is 2.25 bits per heavy atom. The molecule has 4 rings (SSSR count). The Morgan fingerprint density at radius 1 is 0.938 bits per heavy atom. The van der Waals surface area contributed by atoms with Gasteiger partial charge in [-0.05, 0) is 42.5 Å². The van der Waals surface area contributed by atoms with Crippen molar-refractivity contribution >= 4 is 23.1 Å². The number of rotatable bonds is 5. The molecule has 7 heteroatoms. The average Bonchev–Trinajstić information content (AvgIpc) is 3.09. The summed E-state index contributed by atoms with van der Waals surface area (Å²) in [5.74, 6) is -1.63. The third-order valence-electron chi connectivity index (χ3n) is 5.33. The highest BCUT2D eigenvalue weighted by Crippen LogP contribution is 2.45. The van der Waals surface area contributed by atoms with Crippen molar-refractivity contribution < 1.29 is 28.6 Å². The van der Waals surface area contributed by atoms with Crippen LogP contribution in [0.25, 0.3) is 5.76 Å². The van der Waals surface area contributed by atoms with Crippen LogP contribution in [0, 0.1) is 5.82 Å². The number of halogens is 1. The number of hydrogen-bond acceptors (Lipinski definition) is 5. The summed E-state index contributed by atoms with van der Waals surface area (Å²) in [4.78, 5) is 27.5. The number of benzene rings is 3. The van der Waals surface area contributed by atoms with E-state index < -0.39 is 23.5 Å². The molecule has 1 heterocycles. The molecule has 1 aliphatic heterocycles. The van der Waals surface area contributed by atoms with Crippen LogP contribution in [-0.2, 0) is 9.59 Å². The van der Waals surface area contributed by atoms with Crippen LogP contribution in [0.5, 0.6) is 11.5 Å². The monoisotopic (exact) mass is 433 g/mol. The number of amides is 1. The molecule has 1 aliphatic rings. The lowest BCUT2D eigenvalue weighted by molar-refractivity contribution is -0.132. The highest BCUT2D eigenvalue weighted by molar-refractivity contribution is 6.51. The Balaban J connectivity index is 2.01. The molecule has 1 saturated heterocycles. The molecule has 0 aliphatic carbocycles. The summed E-state index contributed by atoms with van der Waals surface area (Å²) in [6.07, 6.45) is 0. The van der Waals surface area contributed by atoms with E-state index in [-0.39, 0.29) is 11.3 Å². The Bertz CT molecular complexity index is 1200. The zero-order valence-corrected chi connectivity index (χ0v) is 17.4. The molecular formula is C25H20FNO5. The summed E-state index contributed by atoms with van der Waals surface area (Å²) in [6.45, 7) is 0. The molecule has 0 bridgehead atoms. The van der Waals surface area contributed by atoms with Crippen molar-refractivity contribution in [1.82, 2.24) is 0 Å². The fraction of sp³-hybridized carbons (Fsp3) is 0.120. The van der Waals surface area contributed by atoms with Crippen LogP contribution in [0.2, 0.25) is 0 Å². The first kappa shape index (κ1) is 21.1. The van der Waals surface area contributed by atoms with Crippen LogP contribution in [-0.4, -0.2) is 31.0 Å². The van der Waals surface area contributed by atoms with Crippen molar-refractivity contribution in [3.05, 3.63) is 95.3 Å². The number of ether oxygens (including phenoxy) is 2. The van der Waals surface area contributed by atoms with Crippen LogP contribution in [0.1, 0.15) is 17.2 Å². The van der Waals surface area contributed by atoms with Gasteiger partial charge < -0.3 is 14.6 Å². The molecular weight excluding hydrogens is 413 g/mol. The first-order valence-electron chi connectivity index (χ1n) is 9.80. The number of nitrogens with zero attached hydrogens (tertiary/aromatic N) is 1. The van der Waals surface area contributed by atoms with E-state index in [2.05, 4.69) is 0 Å². The normalized spacial score (nSPS) is 17.5. The summed E-state index contributed by atoms with van der Waals surface area (Å²) < 4.78 is 24.4. The third-order valence-corrected chi connectivity index (χ3v) is 5.33. The van der Waals surface area contributed by atoms with E-state index in [9.17, 15) is 19.1 Å². The minimum atomic E-state index is -1.02. The fourth-order valence-electron chi connectivity index (χ4n) is 3.80. The molecule has 1 fully saturated rings. The summed E-state index contributed by atoms with van der Waals surface area (Å²) in [7, 11) is 2.96. The number of carbonyl (C=O) groups is 2. The predicted molar refractivity (Wildman–Crippen MR) is 117 cm³/mol. The summed E-state index contributed by atoms with van der Waals surface area (Å²) in [6, 6.07) is 17.7. The maximum absolute atomic E-state index is 13.6. The standard InChI is InChI=1S/C25H20FNO5/c1-31-18-12-13-20(32-2)19(14-18)22-21(23(28)15-6-4-3-5-7-15)24(29)25(30)27(22)17-10-8-16(26)9-11-17/h3-14,22,28H,1-2H3/t22-/m1/s1. The van der Waals surface area contributed by atoms with Gasteiger partial charge in [0.1, 0.15) is 23.1 Å². The zero-order chi connectivity index (χ0) is 22.8. The molecule has 1 amide bonds. The first-order valence-corrected chi connectivity index (χ1v) is 9.80. The van der Waals surface area contributed by atoms with Crippen molar-refractivity contribution in [3.8, 4) is 11.5 Å². The Kier molecular flexibility index (Phi) is 5.64. The van der Waals surface area contributed by atoms with E-state index in [1.807, 2.05) is 0 Å². The fourth-order valence-corrected chi connectivity index (χ4v) is 3.80. The molecule has 162 valence electrons. The van der Waals surface area contributed by atoms with Gasteiger partial charge in [0, 0.05) is 16.8 Å². The Hall–Kier alpha value is -4.13. The second kappa shape index (κ2) is 8.55. The van der Waals surface area contributed by atoms with Gasteiger partial charge in [0.15, 0.2) is 0 Å². The van der Waals surface area contributed by atoms with E-state index in [0.717, 1.165) is 0 Å². The van der Waals surface area contributed by atoms with Crippen LogP contribution in [0.15, 0.2) is 78.4 Å². The smallest absolute Gasteiger partial charge is 0.300 e. The molecule has 1 N–H and O–H groups in total. The molecule has 1 atom stereocenters. The Morgan fingerprint density at radius 2 is 1.62 bits per heavy atom. The van der Waals surface area contributed by atoms with Crippen LogP contribution in [0.3, 0.4) is 0 Å². The van der Waals surface area contributed by atoms with Crippen LogP contribution in [0.4, 0.5) is 10.1 Å². The van der Waals surface area contributed by atoms with Crippen LogP contribution >= 0.6 is 0 Å². The van der Waals surface area contributed by atoms with Crippen molar-refractivity contribution in [3.63, 3.8) is 0 Å². The largest absolute Gasteiger partial charge is 0.507 e. The summed E-state index contributed by atoms with van der Waals surface area (Å²) in [5.41, 5.74) is 1.02. The minimum absolute atomic E-state index is 0.0999. The van der Waals surface area contributed by atoms with Gasteiger partial charge in [0.25, 0.3) is 11.7 Å². The maximum atomic E-state index is 13.6. The van der Waals surface area contributed by atoms with Gasteiger partial charge in [-0.15, -0.1) is 0 Å². The van der Waals surface area contributed by atoms with Crippen molar-refractivity contribution in [2.75, 3.05) is 19.1 Å². The number of carbonyl (C=O) groups excluding carboxylic acids is 2. The molecule has 0 unspecified atom stereocenters. The molecule has 3 aromatic carbocycles. The number of aliphatic hydroxyl groups excluding tert-OH is 1. The maximum Gasteiger partial charge on any atom is 0.300 e. The van der Waals surface area contributed by atoms with Crippen LogP contribution < -0.4 is 14.4 Å². The number of methoxy groups -OCH3 is 2. The molecule has 6 nitrogen and oxygen atoms in total. The quantitative estimate of drug-likeness (QED) is 0.365. The second-order valence-corrected chi connectivity index (χ2v) is 7.12. The zero-order valence-electron chi connectivity index (χ0n) is 17.4. The Labute approximate surface area is 184 Å². The minimum Gasteiger partial charge on any atom is -0.507 e. The molecule has 3 aromatic rings. The molecule has 0 spiro atoms. The predicted octanol–water partition coefficient (Wildman–Crippen LogP) is 4.47. The van der Waals surface area contributed by atoms with Crippen molar-refractivity contribution in [2.24, 2.45) is 0 Å². The van der Waals surface area contributed by atoms with Gasteiger partial charge >= 0.3 is 0 Å². The lowest BCUT2D eigenvalue weighted by atomic mass is 9.94. The second-order valence-electron chi connectivity index (χ2n) is 7.12. The molecule has 32 heavy (non-hydrogen) atoms. The van der Waals surface area contributed by atoms with Gasteiger partial charge in [0.2, 0.25) is 0 Å². The average molecular weight is 433 g/mol. The topological polar surface area (TPSA) is 76.1 Å². The summed E-state index contributed by atoms with van der Waals surface area (Å²) >= 11 is 0. The number of hydrogen-bond donors (Lipinski definition) is 1. The van der Waals surface area contributed by atoms with Gasteiger partial charge in [-0.25, -0.2) is 4.39 Å². The van der Waals surface area contributed by atoms with Gasteiger partial charge in [-0.2, -0.15) is 0 Å². The molecule has 0 saturated carbocycles. The third kappa shape index (κ3) is 3.58. The van der Waals surface area contributed by atoms with E-state index >= 15 is 0 Å². The number of aliphatic hydroxyl groups is 1. The number of Topliss-reactive ketones (excluding diaryl/α,β-unsaturated/α-hetero) is 1. The molecule has 0 radical (unpaired) electrons. The lowest BCUT2D eigenvalue weighted by Gasteiger charge is -2.27. The van der Waals surface area contributed by atoms with Gasteiger partial charge in [0.05, 0.1) is 25.8 Å². The first-order chi connectivity index (χ1) is 15.5. The SMILES string of the molecule is COc1ccc(OC)c([C@@H]2C(=C(O)c3ccccc3)C(=O)C(=O)N2c2ccc(F)cc2)c1. The van der Waals surface area contributed by atoms with Crippen molar-refractivity contribution in [1.29, 1.82) is 0 Å². The van der Waals surface area contributed by atoms with E-state index in [4.69, 9.17) is 9.47 Å². The van der Waals surface area contributed by atoms with Gasteiger partial charge in [-0.1, -0.05) is 30.3 Å². The van der Waals surface area contributed by atoms with E-state index in [0.29, 0.717) is 28.3 Å². The highest BCUT2D eigenvalue weighted by atomic mass is 19.1. The summed E-state index contributed by atoms with van der Waals surface area (Å²) in [5, 5.41) is 11.1. The van der Waals surface area contributed by atoms with Gasteiger partial charge in [-0.3, -0.25) is 14.5 Å². The lowest BCUT2D eigenvalue weighted by Crippen LogP contribution is -2.29. The van der Waals surface area contributed by atoms with E-state index in [1.54, 1.807) is 48.5 Å². The highest BCUT2D eigenvalue weighted by Gasteiger charge is 2.48. The van der Waals surface area contributed by atoms with Crippen molar-refractivity contribution in [2.45, 2.75) is 6.04 Å². The number of anilines is 1. The molecule has 0 aromatic heterocycles.